The minimum Gasteiger partial charge on any atom is -0.396 e. The minimum absolute atomic E-state index is 0.102. The minimum atomic E-state index is -5.47. The highest BCUT2D eigenvalue weighted by Crippen LogP contribution is 2.61. The largest absolute Gasteiger partial charge is 0.481 e. The number of nitrogens with two attached hydrogens (primary N) is 1. The number of nitrogen functional groups attached to an aromatic ring is 1. The van der Waals surface area contributed by atoms with Gasteiger partial charge < -0.3 is 50.9 Å². The number of anilines is 1. The average Bonchev–Trinajstić information content (AvgIpc) is 3.38. The summed E-state index contributed by atoms with van der Waals surface area (Å²) in [6.07, 6.45) is -12.7. The molecule has 0 radical (unpaired) electrons. The smallest absolute Gasteiger partial charge is 0.396 e. The highest BCUT2D eigenvalue weighted by atomic mass is 31.3. The van der Waals surface area contributed by atoms with Gasteiger partial charge in [-0.15, -0.1) is 0 Å². The van der Waals surface area contributed by atoms with Crippen LogP contribution in [-0.4, -0.2) is 116 Å². The fourth-order valence-corrected chi connectivity index (χ4v) is 6.58. The van der Waals surface area contributed by atoms with Crippen molar-refractivity contribution in [2.75, 3.05) is 18.9 Å². The first-order chi connectivity index (χ1) is 18.1. The van der Waals surface area contributed by atoms with E-state index in [1.54, 1.807) is 0 Å². The molecule has 1 aliphatic heterocycles. The van der Waals surface area contributed by atoms with Gasteiger partial charge in [-0.05, 0) is 6.42 Å². The number of fused-ring (bicyclic) bond motifs is 1. The number of phosphoric acid groups is 2. The van der Waals surface area contributed by atoms with E-state index in [0.717, 1.165) is 10.9 Å². The Balaban J connectivity index is 1.39. The third-order valence-electron chi connectivity index (χ3n) is 6.27. The molecule has 1 aliphatic carbocycles. The predicted molar refractivity (Wildman–Crippen MR) is 123 cm³/mol. The number of hydrogen-bond donors (Lipinski definition) is 10. The van der Waals surface area contributed by atoms with Crippen LogP contribution in [0.2, 0.25) is 0 Å². The summed E-state index contributed by atoms with van der Waals surface area (Å²) in [7, 11) is -10.9. The lowest BCUT2D eigenvalue weighted by Crippen LogP contribution is -2.54. The second-order valence-corrected chi connectivity index (χ2v) is 11.9. The van der Waals surface area contributed by atoms with Gasteiger partial charge in [0.25, 0.3) is 5.56 Å². The molecule has 1 saturated heterocycles. The summed E-state index contributed by atoms with van der Waals surface area (Å²) in [5, 5.41) is 59.7. The first kappa shape index (κ1) is 30.1. The Morgan fingerprint density at radius 2 is 1.77 bits per heavy atom. The molecule has 2 aromatic heterocycles. The van der Waals surface area contributed by atoms with E-state index in [0.29, 0.717) is 0 Å². The zero-order valence-electron chi connectivity index (χ0n) is 19.6. The molecule has 39 heavy (non-hydrogen) atoms. The number of aliphatic hydroxyl groups is 6. The third kappa shape index (κ3) is 6.24. The summed E-state index contributed by atoms with van der Waals surface area (Å²) in [5.41, 5.74) is 4.58. The van der Waals surface area contributed by atoms with Crippen molar-refractivity contribution in [2.45, 2.75) is 55.4 Å². The van der Waals surface area contributed by atoms with Crippen LogP contribution in [0.5, 0.6) is 0 Å². The Morgan fingerprint density at radius 1 is 1.08 bits per heavy atom. The number of phosphoric ester groups is 2. The molecule has 2 aliphatic rings. The lowest BCUT2D eigenvalue weighted by Gasteiger charge is -2.39. The number of aromatic amines is 1. The summed E-state index contributed by atoms with van der Waals surface area (Å²) in [6.45, 7) is -1.64. The van der Waals surface area contributed by atoms with Crippen molar-refractivity contribution in [3.8, 4) is 0 Å². The van der Waals surface area contributed by atoms with Crippen molar-refractivity contribution in [3.05, 3.63) is 16.7 Å². The molecule has 7 unspecified atom stereocenters. The fraction of sp³-hybridized carbons (Fsp3) is 0.706. The Kier molecular flexibility index (Phi) is 8.63. The molecule has 3 heterocycles. The van der Waals surface area contributed by atoms with Crippen LogP contribution < -0.4 is 11.3 Å². The van der Waals surface area contributed by atoms with E-state index in [9.17, 15) is 54.4 Å². The zero-order chi connectivity index (χ0) is 28.9. The molecule has 4 rings (SSSR count). The molecule has 2 aromatic rings. The van der Waals surface area contributed by atoms with Gasteiger partial charge >= 0.3 is 15.6 Å². The molecule has 11 atom stereocenters. The number of H-pyrrole nitrogens is 1. The van der Waals surface area contributed by atoms with Gasteiger partial charge in [-0.2, -0.15) is 9.29 Å². The monoisotopic (exact) mass is 603 g/mol. The van der Waals surface area contributed by atoms with Gasteiger partial charge in [0, 0.05) is 12.5 Å². The first-order valence-electron chi connectivity index (χ1n) is 11.2. The Hall–Kier alpha value is -1.87. The number of rotatable bonds is 9. The second kappa shape index (κ2) is 11.2. The fourth-order valence-electron chi connectivity index (χ4n) is 4.30. The van der Waals surface area contributed by atoms with E-state index >= 15 is 0 Å². The molecular formula is C17H27N5O15P2. The first-order valence-corrected chi connectivity index (χ1v) is 14.2. The van der Waals surface area contributed by atoms with Crippen LogP contribution in [0.15, 0.2) is 11.1 Å². The maximum Gasteiger partial charge on any atom is 0.481 e. The molecular weight excluding hydrogens is 576 g/mol. The Morgan fingerprint density at radius 3 is 2.44 bits per heavy atom. The van der Waals surface area contributed by atoms with Crippen LogP contribution in [-0.2, 0) is 27.2 Å². The molecule has 1 saturated carbocycles. The Labute approximate surface area is 217 Å². The van der Waals surface area contributed by atoms with Crippen molar-refractivity contribution in [1.29, 1.82) is 0 Å². The topological polar surface area (TPSA) is 322 Å². The van der Waals surface area contributed by atoms with Crippen molar-refractivity contribution in [2.24, 2.45) is 5.92 Å². The van der Waals surface area contributed by atoms with Gasteiger partial charge in [0.1, 0.15) is 30.5 Å². The van der Waals surface area contributed by atoms with Crippen LogP contribution in [0.3, 0.4) is 0 Å². The van der Waals surface area contributed by atoms with Crippen LogP contribution in [0, 0.1) is 5.92 Å². The molecule has 0 aromatic carbocycles. The molecule has 0 bridgehead atoms. The van der Waals surface area contributed by atoms with Crippen LogP contribution in [0.4, 0.5) is 5.95 Å². The van der Waals surface area contributed by atoms with Gasteiger partial charge in [0.15, 0.2) is 17.4 Å². The SMILES string of the molecule is Nc1nc2c(ncn2[C@@H]2O[C@H](COP(=O)(O)OP(=O)(O)O[C@H]3CC(CO)[C@H](O)C(O)C3O)C(O)C2O)c(=O)[nH]1. The van der Waals surface area contributed by atoms with E-state index < -0.39 is 95.7 Å². The number of ether oxygens (including phenoxy) is 1. The molecule has 2 fully saturated rings. The number of aliphatic hydroxyl groups excluding tert-OH is 6. The van der Waals surface area contributed by atoms with Gasteiger partial charge in [0.05, 0.1) is 25.1 Å². The van der Waals surface area contributed by atoms with Crippen LogP contribution in [0.1, 0.15) is 12.6 Å². The van der Waals surface area contributed by atoms with Crippen LogP contribution in [0.25, 0.3) is 11.2 Å². The summed E-state index contributed by atoms with van der Waals surface area (Å²) in [4.78, 5) is 41.8. The quantitative estimate of drug-likeness (QED) is 0.122. The van der Waals surface area contributed by atoms with Crippen molar-refractivity contribution < 1.29 is 67.7 Å². The zero-order valence-corrected chi connectivity index (χ0v) is 21.4. The molecule has 11 N–H and O–H groups in total. The number of nitrogens with zero attached hydrogens (tertiary/aromatic N) is 3. The molecule has 20 nitrogen and oxygen atoms in total. The lowest BCUT2D eigenvalue weighted by atomic mass is 9.81. The maximum atomic E-state index is 12.3. The highest BCUT2D eigenvalue weighted by Gasteiger charge is 2.49. The van der Waals surface area contributed by atoms with Gasteiger partial charge in [0.2, 0.25) is 5.95 Å². The van der Waals surface area contributed by atoms with Crippen molar-refractivity contribution in [3.63, 3.8) is 0 Å². The lowest BCUT2D eigenvalue weighted by molar-refractivity contribution is -0.160. The summed E-state index contributed by atoms with van der Waals surface area (Å²) in [5.74, 6) is -1.32. The number of nitrogens with one attached hydrogen (secondary N) is 1. The van der Waals surface area contributed by atoms with Gasteiger partial charge in [-0.3, -0.25) is 23.4 Å². The molecule has 220 valence electrons. The number of hydrogen-bond acceptors (Lipinski definition) is 16. The van der Waals surface area contributed by atoms with Gasteiger partial charge in [-0.25, -0.2) is 14.1 Å². The maximum absolute atomic E-state index is 12.3. The average molecular weight is 603 g/mol. The molecule has 0 amide bonds. The standard InChI is InChI=1S/C17H27N5O15P2/c18-17-20-14-8(15(29)21-17)19-4-22(14)16-13(28)11(26)7(35-16)3-34-38(30,31)37-39(32,33)36-6-1-5(2-23)9(24)12(27)10(6)25/h4-7,9-13,16,23-28H,1-3H2,(H,30,31)(H,32,33)(H3,18,20,21,29)/t5?,6-,7+,9-,10?,11?,12?,13?,16+/m0/s1. The van der Waals surface area contributed by atoms with E-state index in [-0.39, 0.29) is 17.1 Å². The van der Waals surface area contributed by atoms with E-state index in [4.69, 9.17) is 10.5 Å². The predicted octanol–water partition coefficient (Wildman–Crippen LogP) is -3.96. The number of aromatic nitrogens is 4. The van der Waals surface area contributed by atoms with Crippen molar-refractivity contribution in [1.82, 2.24) is 19.5 Å². The van der Waals surface area contributed by atoms with E-state index in [2.05, 4.69) is 28.3 Å². The highest BCUT2D eigenvalue weighted by molar-refractivity contribution is 7.61. The Bertz CT molecular complexity index is 1340. The molecule has 22 heteroatoms. The van der Waals surface area contributed by atoms with E-state index in [1.165, 1.54) is 0 Å². The van der Waals surface area contributed by atoms with Crippen molar-refractivity contribution >= 4 is 32.8 Å². The van der Waals surface area contributed by atoms with Gasteiger partial charge in [-0.1, -0.05) is 0 Å². The molecule has 0 spiro atoms. The number of imidazole rings is 1. The summed E-state index contributed by atoms with van der Waals surface area (Å²) >= 11 is 0. The summed E-state index contributed by atoms with van der Waals surface area (Å²) < 4.78 is 44.7. The third-order valence-corrected chi connectivity index (χ3v) is 8.94. The normalized spacial score (nSPS) is 36.6. The van der Waals surface area contributed by atoms with E-state index in [1.807, 2.05) is 0 Å². The van der Waals surface area contributed by atoms with Crippen LogP contribution >= 0.6 is 15.6 Å². The second-order valence-electron chi connectivity index (χ2n) is 8.93. The summed E-state index contributed by atoms with van der Waals surface area (Å²) in [6, 6.07) is 0.